The number of amides is 2. The number of carboxylic acid groups (broad SMARTS) is 1. The lowest BCUT2D eigenvalue weighted by molar-refractivity contribution is -0.123. The molecule has 0 saturated carbocycles. The minimum atomic E-state index is -1.09. The number of carboxylic acids is 1. The zero-order valence-corrected chi connectivity index (χ0v) is 15.5. The Hall–Kier alpha value is -3.35. The molecule has 0 fully saturated rings. The summed E-state index contributed by atoms with van der Waals surface area (Å²) in [6.45, 7) is 0.211. The van der Waals surface area contributed by atoms with Crippen LogP contribution in [-0.4, -0.2) is 30.0 Å². The van der Waals surface area contributed by atoms with Crippen molar-refractivity contribution < 1.29 is 24.2 Å². The van der Waals surface area contributed by atoms with Gasteiger partial charge in [0.25, 0.3) is 0 Å². The molecule has 3 rings (SSSR count). The third kappa shape index (κ3) is 4.49. The number of hydrogen-bond donors (Lipinski definition) is 3. The third-order valence-electron chi connectivity index (χ3n) is 4.82. The first-order valence-corrected chi connectivity index (χ1v) is 9.03. The van der Waals surface area contributed by atoms with Gasteiger partial charge in [-0.05, 0) is 42.2 Å². The van der Waals surface area contributed by atoms with Gasteiger partial charge in [0, 0.05) is 24.6 Å². The number of methoxy groups -OCH3 is 1. The molecular weight excluding hydrogens is 360 g/mol. The number of ether oxygens (including phenoxy) is 1. The molecule has 0 aromatic heterocycles. The van der Waals surface area contributed by atoms with Gasteiger partial charge < -0.3 is 20.5 Å². The highest BCUT2D eigenvalue weighted by atomic mass is 16.5. The van der Waals surface area contributed by atoms with Gasteiger partial charge in [0.1, 0.15) is 11.3 Å². The molecular formula is C21H22N2O5. The van der Waals surface area contributed by atoms with Gasteiger partial charge in [-0.15, -0.1) is 0 Å². The van der Waals surface area contributed by atoms with Crippen molar-refractivity contribution in [1.82, 2.24) is 5.32 Å². The smallest absolute Gasteiger partial charge is 0.339 e. The van der Waals surface area contributed by atoms with E-state index in [-0.39, 0.29) is 42.0 Å². The second-order valence-corrected chi connectivity index (χ2v) is 6.70. The average molecular weight is 382 g/mol. The summed E-state index contributed by atoms with van der Waals surface area (Å²) in [5, 5.41) is 14.9. The van der Waals surface area contributed by atoms with E-state index >= 15 is 0 Å². The van der Waals surface area contributed by atoms with Crippen LogP contribution in [0.4, 0.5) is 5.69 Å². The first kappa shape index (κ1) is 19.4. The number of benzene rings is 2. The number of para-hydroxylation sites is 1. The monoisotopic (exact) mass is 382 g/mol. The highest BCUT2D eigenvalue weighted by Gasteiger charge is 2.26. The Morgan fingerprint density at radius 3 is 2.79 bits per heavy atom. The van der Waals surface area contributed by atoms with Crippen LogP contribution in [-0.2, 0) is 22.6 Å². The predicted molar refractivity (Wildman–Crippen MR) is 103 cm³/mol. The fourth-order valence-corrected chi connectivity index (χ4v) is 3.27. The molecule has 1 aliphatic heterocycles. The minimum Gasteiger partial charge on any atom is -0.496 e. The molecule has 0 unspecified atom stereocenters. The Balaban J connectivity index is 1.52. The zero-order chi connectivity index (χ0) is 20.1. The predicted octanol–water partition coefficient (Wildman–Crippen LogP) is 2.60. The van der Waals surface area contributed by atoms with E-state index in [9.17, 15) is 19.5 Å². The van der Waals surface area contributed by atoms with Crippen LogP contribution in [0, 0.1) is 5.92 Å². The van der Waals surface area contributed by atoms with Gasteiger partial charge in [-0.1, -0.05) is 24.3 Å². The first-order valence-electron chi connectivity index (χ1n) is 9.03. The minimum absolute atomic E-state index is 0.0480. The molecule has 0 aliphatic carbocycles. The van der Waals surface area contributed by atoms with Crippen molar-refractivity contribution in [3.05, 3.63) is 59.2 Å². The van der Waals surface area contributed by atoms with E-state index in [0.29, 0.717) is 18.4 Å². The number of carbonyl (C=O) groups is 3. The van der Waals surface area contributed by atoms with Gasteiger partial charge in [0.05, 0.1) is 7.11 Å². The van der Waals surface area contributed by atoms with Gasteiger partial charge >= 0.3 is 5.97 Å². The van der Waals surface area contributed by atoms with Crippen LogP contribution in [0.3, 0.4) is 0 Å². The number of fused-ring (bicyclic) bond motifs is 1. The molecule has 2 aromatic carbocycles. The van der Waals surface area contributed by atoms with Crippen molar-refractivity contribution in [2.24, 2.45) is 5.92 Å². The lowest BCUT2D eigenvalue weighted by Gasteiger charge is -2.24. The number of rotatable bonds is 7. The fourth-order valence-electron chi connectivity index (χ4n) is 3.27. The highest BCUT2D eigenvalue weighted by molar-refractivity contribution is 5.96. The van der Waals surface area contributed by atoms with Crippen molar-refractivity contribution in [3.8, 4) is 5.75 Å². The van der Waals surface area contributed by atoms with Crippen LogP contribution < -0.4 is 15.4 Å². The maximum absolute atomic E-state index is 12.2. The van der Waals surface area contributed by atoms with Crippen LogP contribution in [0.15, 0.2) is 42.5 Å². The summed E-state index contributed by atoms with van der Waals surface area (Å²) in [5.41, 5.74) is 2.62. The third-order valence-corrected chi connectivity index (χ3v) is 4.82. The van der Waals surface area contributed by atoms with Crippen molar-refractivity contribution in [3.63, 3.8) is 0 Å². The first-order chi connectivity index (χ1) is 13.5. The Bertz CT molecular complexity index is 909. The molecule has 146 valence electrons. The molecule has 2 amide bonds. The normalized spacial score (nSPS) is 15.3. The zero-order valence-electron chi connectivity index (χ0n) is 15.5. The number of anilines is 1. The van der Waals surface area contributed by atoms with Gasteiger partial charge in [-0.2, -0.15) is 0 Å². The van der Waals surface area contributed by atoms with Crippen molar-refractivity contribution in [1.29, 1.82) is 0 Å². The van der Waals surface area contributed by atoms with Crippen molar-refractivity contribution in [2.75, 3.05) is 12.4 Å². The van der Waals surface area contributed by atoms with Crippen molar-refractivity contribution >= 4 is 23.5 Å². The van der Waals surface area contributed by atoms with E-state index in [1.54, 1.807) is 12.1 Å². The lowest BCUT2D eigenvalue weighted by atomic mass is 9.89. The molecule has 3 N–H and O–H groups in total. The van der Waals surface area contributed by atoms with Gasteiger partial charge in [0.2, 0.25) is 11.8 Å². The van der Waals surface area contributed by atoms with Crippen LogP contribution in [0.1, 0.15) is 34.3 Å². The number of nitrogens with one attached hydrogen (secondary N) is 2. The molecule has 0 spiro atoms. The Morgan fingerprint density at radius 1 is 1.25 bits per heavy atom. The number of aromatic carboxylic acids is 1. The maximum Gasteiger partial charge on any atom is 0.339 e. The summed E-state index contributed by atoms with van der Waals surface area (Å²) in [7, 11) is 1.41. The van der Waals surface area contributed by atoms with Crippen LogP contribution >= 0.6 is 0 Å². The molecule has 0 radical (unpaired) electrons. The topological polar surface area (TPSA) is 105 Å². The Morgan fingerprint density at radius 2 is 2.04 bits per heavy atom. The summed E-state index contributed by atoms with van der Waals surface area (Å²) < 4.78 is 5.02. The Kier molecular flexibility index (Phi) is 5.93. The van der Waals surface area contributed by atoms with Gasteiger partial charge in [-0.25, -0.2) is 4.79 Å². The van der Waals surface area contributed by atoms with E-state index < -0.39 is 5.97 Å². The second-order valence-electron chi connectivity index (χ2n) is 6.70. The molecule has 7 nitrogen and oxygen atoms in total. The van der Waals surface area contributed by atoms with Crippen LogP contribution in [0.5, 0.6) is 5.75 Å². The molecule has 0 bridgehead atoms. The largest absolute Gasteiger partial charge is 0.496 e. The molecule has 0 saturated heterocycles. The molecule has 7 heteroatoms. The molecule has 1 atom stereocenters. The average Bonchev–Trinajstić information content (AvgIpc) is 2.70. The van der Waals surface area contributed by atoms with Crippen LogP contribution in [0.25, 0.3) is 0 Å². The molecule has 28 heavy (non-hydrogen) atoms. The molecule has 1 heterocycles. The maximum atomic E-state index is 12.2. The van der Waals surface area contributed by atoms with Gasteiger partial charge in [-0.3, -0.25) is 9.59 Å². The lowest BCUT2D eigenvalue weighted by Crippen LogP contribution is -2.31. The highest BCUT2D eigenvalue weighted by Crippen LogP contribution is 2.27. The van der Waals surface area contributed by atoms with Crippen molar-refractivity contribution in [2.45, 2.75) is 25.8 Å². The summed E-state index contributed by atoms with van der Waals surface area (Å²) in [6, 6.07) is 12.4. The van der Waals surface area contributed by atoms with E-state index in [4.69, 9.17) is 4.74 Å². The second kappa shape index (κ2) is 8.56. The van der Waals surface area contributed by atoms with E-state index in [0.717, 1.165) is 11.3 Å². The Labute approximate surface area is 162 Å². The van der Waals surface area contributed by atoms with E-state index in [1.807, 2.05) is 24.3 Å². The molecule has 1 aliphatic rings. The van der Waals surface area contributed by atoms with Gasteiger partial charge in [0.15, 0.2) is 0 Å². The standard InChI is InChI=1S/C21H22N2O5/c1-28-18-8-6-13(10-16(18)21(26)27)12-22-19(24)9-7-15-11-14-4-2-3-5-17(14)23-20(15)25/h2-6,8,10,15H,7,9,11-12H2,1H3,(H,22,24)(H,23,25)(H,26,27)/t15-/m0/s1. The number of hydrogen-bond acceptors (Lipinski definition) is 4. The van der Waals surface area contributed by atoms with E-state index in [1.165, 1.54) is 13.2 Å². The summed E-state index contributed by atoms with van der Waals surface area (Å²) >= 11 is 0. The summed E-state index contributed by atoms with van der Waals surface area (Å²) in [6.07, 6.45) is 1.30. The van der Waals surface area contributed by atoms with Crippen LogP contribution in [0.2, 0.25) is 0 Å². The quantitative estimate of drug-likeness (QED) is 0.683. The summed E-state index contributed by atoms with van der Waals surface area (Å²) in [4.78, 5) is 35.6. The molecule has 2 aromatic rings. The SMILES string of the molecule is COc1ccc(CNC(=O)CC[C@H]2Cc3ccccc3NC2=O)cc1C(=O)O. The fraction of sp³-hybridized carbons (Fsp3) is 0.286. The summed E-state index contributed by atoms with van der Waals surface area (Å²) in [5.74, 6) is -1.30. The number of carbonyl (C=O) groups excluding carboxylic acids is 2. The van der Waals surface area contributed by atoms with E-state index in [2.05, 4.69) is 10.6 Å².